The first-order valence-corrected chi connectivity index (χ1v) is 6.00. The van der Waals surface area contributed by atoms with E-state index in [1.54, 1.807) is 18.2 Å². The van der Waals surface area contributed by atoms with Crippen molar-refractivity contribution in [3.05, 3.63) is 65.0 Å². The number of rotatable bonds is 2. The maximum atomic E-state index is 13.9. The monoisotopic (exact) mass is 257 g/mol. The van der Waals surface area contributed by atoms with Crippen LogP contribution in [0.15, 0.2) is 42.5 Å². The van der Waals surface area contributed by atoms with Crippen LogP contribution in [-0.4, -0.2) is 11.0 Å². The number of anilines is 1. The van der Waals surface area contributed by atoms with Crippen LogP contribution in [-0.2, 0) is 11.2 Å². The lowest BCUT2D eigenvalue weighted by Gasteiger charge is -2.13. The van der Waals surface area contributed by atoms with Crippen LogP contribution in [0, 0.1) is 5.82 Å². The second kappa shape index (κ2) is 4.48. The van der Waals surface area contributed by atoms with Gasteiger partial charge in [0.15, 0.2) is 0 Å². The van der Waals surface area contributed by atoms with Gasteiger partial charge in [0.05, 0.1) is 12.1 Å². The highest BCUT2D eigenvalue weighted by Crippen LogP contribution is 2.31. The molecule has 19 heavy (non-hydrogen) atoms. The minimum Gasteiger partial charge on any atom is -0.384 e. The van der Waals surface area contributed by atoms with Crippen LogP contribution < -0.4 is 5.32 Å². The average molecular weight is 257 g/mol. The molecule has 3 rings (SSSR count). The Balaban J connectivity index is 2.01. The molecule has 1 atom stereocenters. The van der Waals surface area contributed by atoms with E-state index in [-0.39, 0.29) is 18.0 Å². The molecule has 0 radical (unpaired) electrons. The Morgan fingerprint density at radius 2 is 1.89 bits per heavy atom. The number of hydrogen-bond acceptors (Lipinski definition) is 2. The van der Waals surface area contributed by atoms with E-state index in [4.69, 9.17) is 0 Å². The number of aliphatic hydroxyl groups excluding tert-OH is 1. The minimum atomic E-state index is -0.892. The Labute approximate surface area is 109 Å². The van der Waals surface area contributed by atoms with Crippen LogP contribution >= 0.6 is 0 Å². The molecule has 1 heterocycles. The van der Waals surface area contributed by atoms with Crippen molar-refractivity contribution in [1.29, 1.82) is 0 Å². The molecule has 1 aliphatic rings. The van der Waals surface area contributed by atoms with E-state index in [0.29, 0.717) is 16.7 Å². The Hall–Kier alpha value is -2.20. The number of halogens is 1. The molecule has 2 aromatic rings. The zero-order valence-corrected chi connectivity index (χ0v) is 10.1. The number of benzene rings is 2. The van der Waals surface area contributed by atoms with Crippen LogP contribution in [0.1, 0.15) is 22.8 Å². The third kappa shape index (κ3) is 2.11. The molecule has 0 spiro atoms. The van der Waals surface area contributed by atoms with Crippen molar-refractivity contribution in [2.45, 2.75) is 12.5 Å². The molecule has 1 aliphatic heterocycles. The van der Waals surface area contributed by atoms with Crippen LogP contribution in [0.4, 0.5) is 10.1 Å². The zero-order valence-electron chi connectivity index (χ0n) is 10.1. The lowest BCUT2D eigenvalue weighted by Crippen LogP contribution is -2.04. The van der Waals surface area contributed by atoms with Gasteiger partial charge in [-0.05, 0) is 22.8 Å². The van der Waals surface area contributed by atoms with E-state index in [1.807, 2.05) is 18.2 Å². The Kier molecular flexibility index (Phi) is 2.80. The molecule has 3 nitrogen and oxygen atoms in total. The van der Waals surface area contributed by atoms with E-state index in [0.717, 1.165) is 0 Å². The van der Waals surface area contributed by atoms with Crippen molar-refractivity contribution in [3.8, 4) is 0 Å². The second-order valence-corrected chi connectivity index (χ2v) is 4.58. The summed E-state index contributed by atoms with van der Waals surface area (Å²) in [6.07, 6.45) is -0.738. The quantitative estimate of drug-likeness (QED) is 0.868. The van der Waals surface area contributed by atoms with Gasteiger partial charge in [0.2, 0.25) is 5.91 Å². The number of nitrogens with one attached hydrogen (secondary N) is 1. The summed E-state index contributed by atoms with van der Waals surface area (Å²) < 4.78 is 13.9. The predicted molar refractivity (Wildman–Crippen MR) is 69.2 cm³/mol. The summed E-state index contributed by atoms with van der Waals surface area (Å²) in [5.74, 6) is -0.728. The van der Waals surface area contributed by atoms with E-state index >= 15 is 0 Å². The first-order chi connectivity index (χ1) is 9.15. The topological polar surface area (TPSA) is 49.3 Å². The molecule has 0 fully saturated rings. The number of aliphatic hydroxyl groups is 1. The highest BCUT2D eigenvalue weighted by Gasteiger charge is 2.23. The van der Waals surface area contributed by atoms with Gasteiger partial charge in [-0.2, -0.15) is 0 Å². The van der Waals surface area contributed by atoms with Gasteiger partial charge in [-0.15, -0.1) is 0 Å². The van der Waals surface area contributed by atoms with Crippen LogP contribution in [0.3, 0.4) is 0 Å². The molecule has 4 heteroatoms. The molecule has 0 bridgehead atoms. The summed E-state index contributed by atoms with van der Waals surface area (Å²) in [5.41, 5.74) is 1.97. The summed E-state index contributed by atoms with van der Waals surface area (Å²) in [4.78, 5) is 11.3. The van der Waals surface area contributed by atoms with E-state index in [9.17, 15) is 14.3 Å². The molecule has 0 saturated heterocycles. The van der Waals surface area contributed by atoms with Gasteiger partial charge < -0.3 is 10.4 Å². The Bertz CT molecular complexity index is 640. The molecular weight excluding hydrogens is 245 g/mol. The van der Waals surface area contributed by atoms with E-state index < -0.39 is 11.9 Å². The largest absolute Gasteiger partial charge is 0.384 e. The highest BCUT2D eigenvalue weighted by molar-refractivity contribution is 5.99. The maximum absolute atomic E-state index is 13.9. The fourth-order valence-electron chi connectivity index (χ4n) is 2.31. The molecule has 0 aliphatic carbocycles. The third-order valence-corrected chi connectivity index (χ3v) is 3.24. The van der Waals surface area contributed by atoms with Crippen LogP contribution in [0.5, 0.6) is 0 Å². The highest BCUT2D eigenvalue weighted by atomic mass is 19.1. The van der Waals surface area contributed by atoms with Gasteiger partial charge in [0, 0.05) is 0 Å². The number of carbonyl (C=O) groups excluding carboxylic acids is 1. The van der Waals surface area contributed by atoms with Crippen molar-refractivity contribution in [1.82, 2.24) is 0 Å². The van der Waals surface area contributed by atoms with Crippen molar-refractivity contribution >= 4 is 11.6 Å². The Morgan fingerprint density at radius 1 is 1.16 bits per heavy atom. The summed E-state index contributed by atoms with van der Waals surface area (Å²) in [5, 5.41) is 12.7. The molecule has 2 N–H and O–H groups in total. The SMILES string of the molecule is O=C1Cc2cc(C(O)c3ccccc3)cc(F)c2N1. The van der Waals surface area contributed by atoms with Crippen LogP contribution in [0.25, 0.3) is 0 Å². The molecule has 0 aromatic heterocycles. The lowest BCUT2D eigenvalue weighted by atomic mass is 9.98. The summed E-state index contributed by atoms with van der Waals surface area (Å²) in [6.45, 7) is 0. The van der Waals surface area contributed by atoms with Crippen molar-refractivity contribution in [2.75, 3.05) is 5.32 Å². The molecule has 1 unspecified atom stereocenters. The van der Waals surface area contributed by atoms with Gasteiger partial charge in [-0.25, -0.2) is 4.39 Å². The fourth-order valence-corrected chi connectivity index (χ4v) is 2.31. The maximum Gasteiger partial charge on any atom is 0.228 e. The number of amides is 1. The summed E-state index contributed by atoms with van der Waals surface area (Å²) in [6, 6.07) is 12.0. The fraction of sp³-hybridized carbons (Fsp3) is 0.133. The Morgan fingerprint density at radius 3 is 2.63 bits per heavy atom. The standard InChI is InChI=1S/C15H12FNO2/c16-12-7-11(6-10-8-13(18)17-14(10)12)15(19)9-4-2-1-3-5-9/h1-7,15,19H,8H2,(H,17,18). The van der Waals surface area contributed by atoms with Crippen LogP contribution in [0.2, 0.25) is 0 Å². The predicted octanol–water partition coefficient (Wildman–Crippen LogP) is 2.40. The molecular formula is C15H12FNO2. The second-order valence-electron chi connectivity index (χ2n) is 4.58. The van der Waals surface area contributed by atoms with Gasteiger partial charge in [0.1, 0.15) is 11.9 Å². The summed E-state index contributed by atoms with van der Waals surface area (Å²) in [7, 11) is 0. The molecule has 96 valence electrons. The average Bonchev–Trinajstić information content (AvgIpc) is 2.80. The smallest absolute Gasteiger partial charge is 0.228 e. The zero-order chi connectivity index (χ0) is 13.4. The van der Waals surface area contributed by atoms with Gasteiger partial charge >= 0.3 is 0 Å². The van der Waals surface area contributed by atoms with Gasteiger partial charge in [-0.3, -0.25) is 4.79 Å². The number of hydrogen-bond donors (Lipinski definition) is 2. The third-order valence-electron chi connectivity index (χ3n) is 3.24. The van der Waals surface area contributed by atoms with E-state index in [1.165, 1.54) is 6.07 Å². The first kappa shape index (κ1) is 11.9. The number of carbonyl (C=O) groups is 1. The molecule has 2 aromatic carbocycles. The summed E-state index contributed by atoms with van der Waals surface area (Å²) >= 11 is 0. The lowest BCUT2D eigenvalue weighted by molar-refractivity contribution is -0.115. The van der Waals surface area contributed by atoms with Gasteiger partial charge in [0.25, 0.3) is 0 Å². The molecule has 1 amide bonds. The van der Waals surface area contributed by atoms with E-state index in [2.05, 4.69) is 5.32 Å². The first-order valence-electron chi connectivity index (χ1n) is 6.00. The normalized spacial score (nSPS) is 14.9. The van der Waals surface area contributed by atoms with Crippen molar-refractivity contribution in [3.63, 3.8) is 0 Å². The number of fused-ring (bicyclic) bond motifs is 1. The van der Waals surface area contributed by atoms with Crippen molar-refractivity contribution < 1.29 is 14.3 Å². The molecule has 0 saturated carbocycles. The van der Waals surface area contributed by atoms with Gasteiger partial charge in [-0.1, -0.05) is 36.4 Å². The van der Waals surface area contributed by atoms with Crippen molar-refractivity contribution in [2.24, 2.45) is 0 Å². The minimum absolute atomic E-state index is 0.154.